The van der Waals surface area contributed by atoms with Crippen LogP contribution in [0.15, 0.2) is 53.0 Å². The van der Waals surface area contributed by atoms with E-state index in [9.17, 15) is 4.79 Å². The van der Waals surface area contributed by atoms with Crippen LogP contribution < -0.4 is 5.32 Å². The summed E-state index contributed by atoms with van der Waals surface area (Å²) < 4.78 is 2.48. The van der Waals surface area contributed by atoms with Gasteiger partial charge < -0.3 is 5.32 Å². The Morgan fingerprint density at radius 2 is 1.85 bits per heavy atom. The van der Waals surface area contributed by atoms with Gasteiger partial charge in [-0.3, -0.25) is 4.79 Å². The largest absolute Gasteiger partial charge is 0.304 e. The summed E-state index contributed by atoms with van der Waals surface area (Å²) in [5, 5.41) is 15.3. The fourth-order valence-electron chi connectivity index (χ4n) is 2.76. The number of anilines is 1. The van der Waals surface area contributed by atoms with Crippen molar-refractivity contribution in [2.75, 3.05) is 5.32 Å². The van der Waals surface area contributed by atoms with Gasteiger partial charge in [0.05, 0.1) is 17.1 Å². The molecule has 0 aliphatic rings. The normalized spacial score (nSPS) is 10.9. The molecule has 4 rings (SSSR count). The maximum absolute atomic E-state index is 12.8. The summed E-state index contributed by atoms with van der Waals surface area (Å²) in [7, 11) is 0. The van der Waals surface area contributed by atoms with Crippen molar-refractivity contribution in [1.82, 2.24) is 24.8 Å². The van der Waals surface area contributed by atoms with Gasteiger partial charge in [-0.15, -0.1) is 5.10 Å². The van der Waals surface area contributed by atoms with E-state index >= 15 is 0 Å². The number of aryl methyl sites for hydroxylation is 2. The average molecular weight is 423 g/mol. The van der Waals surface area contributed by atoms with E-state index in [1.54, 1.807) is 23.6 Å². The van der Waals surface area contributed by atoms with Gasteiger partial charge in [0.15, 0.2) is 17.2 Å². The molecule has 0 spiro atoms. The smallest absolute Gasteiger partial charge is 0.277 e. The van der Waals surface area contributed by atoms with Crippen molar-refractivity contribution in [3.05, 3.63) is 70.1 Å². The third kappa shape index (κ3) is 3.31. The first-order valence-corrected chi connectivity index (χ1v) is 9.05. The lowest BCUT2D eigenvalue weighted by Gasteiger charge is -2.07. The van der Waals surface area contributed by atoms with E-state index in [4.69, 9.17) is 0 Å². The van der Waals surface area contributed by atoms with Crippen LogP contribution >= 0.6 is 15.9 Å². The molecule has 1 amide bonds. The van der Waals surface area contributed by atoms with Crippen LogP contribution in [0.5, 0.6) is 0 Å². The highest BCUT2D eigenvalue weighted by atomic mass is 79.9. The number of benzene rings is 1. The van der Waals surface area contributed by atoms with E-state index in [1.807, 2.05) is 43.3 Å². The summed E-state index contributed by atoms with van der Waals surface area (Å²) in [4.78, 5) is 17.3. The van der Waals surface area contributed by atoms with Crippen molar-refractivity contribution in [1.29, 1.82) is 0 Å². The first-order chi connectivity index (χ1) is 13.0. The van der Waals surface area contributed by atoms with Crippen LogP contribution in [-0.2, 0) is 0 Å². The first-order valence-electron chi connectivity index (χ1n) is 8.26. The predicted octanol–water partition coefficient (Wildman–Crippen LogP) is 3.82. The SMILES string of the molecule is Cc1ccc(NC(=O)c2c(C)nc3ccc(-c4ccccc4Br)nn23)nn1. The van der Waals surface area contributed by atoms with Crippen molar-refractivity contribution in [2.45, 2.75) is 13.8 Å². The quantitative estimate of drug-likeness (QED) is 0.542. The van der Waals surface area contributed by atoms with Gasteiger partial charge in [-0.25, -0.2) is 9.50 Å². The minimum Gasteiger partial charge on any atom is -0.304 e. The van der Waals surface area contributed by atoms with E-state index in [-0.39, 0.29) is 5.91 Å². The van der Waals surface area contributed by atoms with Gasteiger partial charge in [0.25, 0.3) is 5.91 Å². The van der Waals surface area contributed by atoms with Crippen molar-refractivity contribution in [3.63, 3.8) is 0 Å². The van der Waals surface area contributed by atoms with E-state index in [1.165, 1.54) is 0 Å². The second kappa shape index (κ2) is 6.88. The molecule has 0 fully saturated rings. The second-order valence-electron chi connectivity index (χ2n) is 6.03. The average Bonchev–Trinajstić information content (AvgIpc) is 2.99. The van der Waals surface area contributed by atoms with Gasteiger partial charge in [-0.05, 0) is 44.2 Å². The zero-order valence-corrected chi connectivity index (χ0v) is 16.2. The number of hydrogen-bond acceptors (Lipinski definition) is 5. The molecule has 4 aromatic rings. The Hall–Kier alpha value is -3.13. The fourth-order valence-corrected chi connectivity index (χ4v) is 3.25. The molecular weight excluding hydrogens is 408 g/mol. The van der Waals surface area contributed by atoms with E-state index < -0.39 is 0 Å². The number of nitrogens with one attached hydrogen (secondary N) is 1. The summed E-state index contributed by atoms with van der Waals surface area (Å²) >= 11 is 3.54. The lowest BCUT2D eigenvalue weighted by Crippen LogP contribution is -2.17. The van der Waals surface area contributed by atoms with Gasteiger partial charge in [-0.2, -0.15) is 10.2 Å². The van der Waals surface area contributed by atoms with Crippen LogP contribution in [0.1, 0.15) is 21.9 Å². The lowest BCUT2D eigenvalue weighted by molar-refractivity contribution is 0.101. The summed E-state index contributed by atoms with van der Waals surface area (Å²) in [5.74, 6) is 0.0387. The number of hydrogen-bond donors (Lipinski definition) is 1. The Labute approximate surface area is 163 Å². The Morgan fingerprint density at radius 3 is 2.59 bits per heavy atom. The van der Waals surface area contributed by atoms with Crippen molar-refractivity contribution < 1.29 is 4.79 Å². The number of rotatable bonds is 3. The number of halogens is 1. The Morgan fingerprint density at radius 1 is 1.04 bits per heavy atom. The number of amides is 1. The number of imidazole rings is 1. The minimum absolute atomic E-state index is 0.338. The van der Waals surface area contributed by atoms with Crippen LogP contribution in [0.2, 0.25) is 0 Å². The minimum atomic E-state index is -0.338. The molecule has 3 heterocycles. The van der Waals surface area contributed by atoms with Crippen LogP contribution in [0.4, 0.5) is 5.82 Å². The van der Waals surface area contributed by atoms with E-state index in [0.717, 1.165) is 21.4 Å². The highest BCUT2D eigenvalue weighted by Crippen LogP contribution is 2.27. The molecule has 0 aliphatic carbocycles. The number of aromatic nitrogens is 5. The molecule has 1 aromatic carbocycles. The molecular formula is C19H15BrN6O. The fraction of sp³-hybridized carbons (Fsp3) is 0.105. The third-order valence-corrected chi connectivity index (χ3v) is 4.75. The first kappa shape index (κ1) is 17.3. The summed E-state index contributed by atoms with van der Waals surface area (Å²) in [6, 6.07) is 15.0. The zero-order valence-electron chi connectivity index (χ0n) is 14.6. The molecule has 1 N–H and O–H groups in total. The second-order valence-corrected chi connectivity index (χ2v) is 6.88. The van der Waals surface area contributed by atoms with Crippen LogP contribution in [0.3, 0.4) is 0 Å². The summed E-state index contributed by atoms with van der Waals surface area (Å²) in [5.41, 5.74) is 3.99. The molecule has 0 unspecified atom stereocenters. The van der Waals surface area contributed by atoms with E-state index in [2.05, 4.69) is 41.5 Å². The molecule has 134 valence electrons. The van der Waals surface area contributed by atoms with Crippen LogP contribution in [0, 0.1) is 13.8 Å². The molecule has 8 heteroatoms. The molecule has 0 radical (unpaired) electrons. The maximum Gasteiger partial charge on any atom is 0.277 e. The standard InChI is InChI=1S/C19H15BrN6O/c1-11-7-9-16(24-23-11)22-19(27)18-12(2)21-17-10-8-15(25-26(17)18)13-5-3-4-6-14(13)20/h3-10H,1-2H3,(H,22,24,27). The molecule has 27 heavy (non-hydrogen) atoms. The van der Waals surface area contributed by atoms with Crippen LogP contribution in [0.25, 0.3) is 16.9 Å². The molecule has 0 saturated heterocycles. The van der Waals surface area contributed by atoms with Gasteiger partial charge in [-0.1, -0.05) is 34.1 Å². The highest BCUT2D eigenvalue weighted by Gasteiger charge is 2.19. The van der Waals surface area contributed by atoms with Gasteiger partial charge in [0.1, 0.15) is 0 Å². The predicted molar refractivity (Wildman–Crippen MR) is 106 cm³/mol. The van der Waals surface area contributed by atoms with Crippen molar-refractivity contribution in [2.24, 2.45) is 0 Å². The third-order valence-electron chi connectivity index (χ3n) is 4.06. The monoisotopic (exact) mass is 422 g/mol. The lowest BCUT2D eigenvalue weighted by atomic mass is 10.1. The summed E-state index contributed by atoms with van der Waals surface area (Å²) in [6.07, 6.45) is 0. The Bertz CT molecular complexity index is 1150. The Kier molecular flexibility index (Phi) is 4.41. The molecule has 0 atom stereocenters. The molecule has 7 nitrogen and oxygen atoms in total. The van der Waals surface area contributed by atoms with Gasteiger partial charge in [0.2, 0.25) is 0 Å². The van der Waals surface area contributed by atoms with E-state index in [0.29, 0.717) is 22.9 Å². The number of nitrogens with zero attached hydrogens (tertiary/aromatic N) is 5. The molecule has 0 aliphatic heterocycles. The number of fused-ring (bicyclic) bond motifs is 1. The molecule has 0 bridgehead atoms. The van der Waals surface area contributed by atoms with Gasteiger partial charge >= 0.3 is 0 Å². The molecule has 3 aromatic heterocycles. The van der Waals surface area contributed by atoms with Gasteiger partial charge in [0, 0.05) is 10.0 Å². The zero-order chi connectivity index (χ0) is 19.0. The number of carbonyl (C=O) groups excluding carboxylic acids is 1. The Balaban J connectivity index is 1.77. The topological polar surface area (TPSA) is 85.1 Å². The molecule has 0 saturated carbocycles. The van der Waals surface area contributed by atoms with Crippen molar-refractivity contribution in [3.8, 4) is 11.3 Å². The maximum atomic E-state index is 12.8. The highest BCUT2D eigenvalue weighted by molar-refractivity contribution is 9.10. The number of carbonyl (C=O) groups is 1. The summed E-state index contributed by atoms with van der Waals surface area (Å²) in [6.45, 7) is 3.61. The van der Waals surface area contributed by atoms with Crippen LogP contribution in [-0.4, -0.2) is 30.7 Å². The van der Waals surface area contributed by atoms with Crippen molar-refractivity contribution >= 4 is 33.3 Å².